The van der Waals surface area contributed by atoms with Crippen LogP contribution < -0.4 is 0 Å². The molecule has 0 aromatic heterocycles. The maximum absolute atomic E-state index is 3.50. The van der Waals surface area contributed by atoms with Crippen molar-refractivity contribution in [1.29, 1.82) is 0 Å². The average molecular weight is 455 g/mol. The zero-order valence-electron chi connectivity index (χ0n) is 20.3. The molecule has 0 aliphatic heterocycles. The summed E-state index contributed by atoms with van der Waals surface area (Å²) in [5.41, 5.74) is 14.7. The minimum absolute atomic E-state index is 0. The molecule has 0 radical (unpaired) electrons. The Morgan fingerprint density at radius 3 is 0.593 bits per heavy atom. The molecule has 0 spiro atoms. The maximum atomic E-state index is 3.50. The van der Waals surface area contributed by atoms with Crippen LogP contribution in [0.4, 0.5) is 0 Å². The third-order valence-corrected chi connectivity index (χ3v) is 5.62. The Kier molecular flexibility index (Phi) is 17.5. The van der Waals surface area contributed by atoms with Crippen LogP contribution in [-0.2, 0) is 21.1 Å². The first-order valence-corrected chi connectivity index (χ1v) is 9.29. The molecule has 0 unspecified atom stereocenters. The first kappa shape index (κ1) is 31.0. The van der Waals surface area contributed by atoms with Crippen molar-refractivity contribution in [2.24, 2.45) is 0 Å². The van der Waals surface area contributed by atoms with E-state index in [9.17, 15) is 0 Å². The summed E-state index contributed by atoms with van der Waals surface area (Å²) in [4.78, 5) is 0. The van der Waals surface area contributed by atoms with Gasteiger partial charge >= 0.3 is 21.1 Å². The monoisotopic (exact) mass is 456 g/mol. The summed E-state index contributed by atoms with van der Waals surface area (Å²) in [6, 6.07) is 0. The second-order valence-electron chi connectivity index (χ2n) is 7.14. The Morgan fingerprint density at radius 1 is 0.444 bits per heavy atom. The number of hydrogen-bond acceptors (Lipinski definition) is 0. The van der Waals surface area contributed by atoms with Crippen molar-refractivity contribution in [3.8, 4) is 0 Å². The van der Waals surface area contributed by atoms with Gasteiger partial charge in [-0.1, -0.05) is 69.2 Å². The van der Waals surface area contributed by atoms with E-state index >= 15 is 0 Å². The van der Waals surface area contributed by atoms with Crippen LogP contribution in [0.25, 0.3) is 10.6 Å². The first-order valence-electron chi connectivity index (χ1n) is 9.29. The molecule has 0 bridgehead atoms. The molecule has 0 fully saturated rings. The van der Waals surface area contributed by atoms with Crippen LogP contribution in [0, 0.1) is 69.2 Å². The van der Waals surface area contributed by atoms with Crippen molar-refractivity contribution in [3.63, 3.8) is 0 Å². The third-order valence-electron chi connectivity index (χ3n) is 5.62. The predicted molar refractivity (Wildman–Crippen MR) is 122 cm³/mol. The fourth-order valence-electron chi connectivity index (χ4n) is 2.81. The SMILES string of the molecule is C[N-]C.C[N-]C.Cc1c(C)c(C)[c-](C)c1C.Cc1c(C)c(C)[c-](C)c1C.[Mo+4]. The molecule has 0 saturated carbocycles. The van der Waals surface area contributed by atoms with Crippen LogP contribution in [0.3, 0.4) is 0 Å². The van der Waals surface area contributed by atoms with E-state index in [2.05, 4.69) is 79.9 Å². The van der Waals surface area contributed by atoms with E-state index in [1.807, 2.05) is 0 Å². The molecule has 0 aliphatic carbocycles. The van der Waals surface area contributed by atoms with Gasteiger partial charge < -0.3 is 10.6 Å². The van der Waals surface area contributed by atoms with Crippen molar-refractivity contribution < 1.29 is 21.1 Å². The Morgan fingerprint density at radius 2 is 0.556 bits per heavy atom. The minimum atomic E-state index is 0. The molecule has 2 aromatic carbocycles. The van der Waals surface area contributed by atoms with Crippen molar-refractivity contribution in [2.75, 3.05) is 28.2 Å². The topological polar surface area (TPSA) is 28.2 Å². The molecule has 154 valence electrons. The van der Waals surface area contributed by atoms with Crippen molar-refractivity contribution in [2.45, 2.75) is 69.2 Å². The summed E-state index contributed by atoms with van der Waals surface area (Å²) in [6.07, 6.45) is 0. The number of hydrogen-bond donors (Lipinski definition) is 0. The molecule has 2 aromatic rings. The van der Waals surface area contributed by atoms with Crippen molar-refractivity contribution in [1.82, 2.24) is 0 Å². The minimum Gasteiger partial charge on any atom is -0.668 e. The van der Waals surface area contributed by atoms with Gasteiger partial charge in [0.1, 0.15) is 0 Å². The Balaban J connectivity index is -0.000000322. The summed E-state index contributed by atoms with van der Waals surface area (Å²) in [5.74, 6) is 0. The quantitative estimate of drug-likeness (QED) is 0.299. The van der Waals surface area contributed by atoms with Crippen molar-refractivity contribution in [3.05, 3.63) is 66.3 Å². The van der Waals surface area contributed by atoms with Crippen LogP contribution in [0.2, 0.25) is 0 Å². The summed E-state index contributed by atoms with van der Waals surface area (Å²) in [7, 11) is 7.00. The van der Waals surface area contributed by atoms with Crippen LogP contribution in [0.5, 0.6) is 0 Å². The zero-order valence-corrected chi connectivity index (χ0v) is 22.3. The second-order valence-corrected chi connectivity index (χ2v) is 7.14. The van der Waals surface area contributed by atoms with Gasteiger partial charge in [0, 0.05) is 0 Å². The molecule has 0 amide bonds. The summed E-state index contributed by atoms with van der Waals surface area (Å²) >= 11 is 0. The fraction of sp³-hybridized carbons (Fsp3) is 0.583. The number of nitrogens with zero attached hydrogens (tertiary/aromatic N) is 2. The molecule has 27 heavy (non-hydrogen) atoms. The van der Waals surface area contributed by atoms with Crippen molar-refractivity contribution >= 4 is 0 Å². The second kappa shape index (κ2) is 15.3. The third kappa shape index (κ3) is 8.90. The van der Waals surface area contributed by atoms with Crippen LogP contribution in [-0.4, -0.2) is 28.2 Å². The van der Waals surface area contributed by atoms with E-state index in [0.717, 1.165) is 0 Å². The average Bonchev–Trinajstić information content (AvgIpc) is 2.87. The van der Waals surface area contributed by atoms with Gasteiger partial charge in [0.25, 0.3) is 0 Å². The van der Waals surface area contributed by atoms with Crippen LogP contribution in [0.15, 0.2) is 0 Å². The van der Waals surface area contributed by atoms with E-state index in [1.165, 1.54) is 55.6 Å². The summed E-state index contributed by atoms with van der Waals surface area (Å²) < 4.78 is 0. The van der Waals surface area contributed by atoms with Gasteiger partial charge in [-0.25, -0.2) is 0 Å². The maximum Gasteiger partial charge on any atom is 4.00 e. The van der Waals surface area contributed by atoms with Gasteiger partial charge in [-0.15, -0.1) is 0 Å². The standard InChI is InChI=1S/2C10H15.2C2H6N.Mo/c2*1-6-7(2)9(4)10(5)8(6)3;2*1-3-2;/h2*1-5H3;2*1-2H3;/q4*-1;+4. The van der Waals surface area contributed by atoms with E-state index in [-0.39, 0.29) is 21.1 Å². The van der Waals surface area contributed by atoms with Gasteiger partial charge in [0.15, 0.2) is 0 Å². The molecule has 0 N–H and O–H groups in total. The van der Waals surface area contributed by atoms with Crippen LogP contribution >= 0.6 is 0 Å². The molecule has 2 nitrogen and oxygen atoms in total. The van der Waals surface area contributed by atoms with Gasteiger partial charge in [0.05, 0.1) is 0 Å². The Hall–Kier alpha value is -0.692. The van der Waals surface area contributed by atoms with Gasteiger partial charge in [-0.3, -0.25) is 0 Å². The predicted octanol–water partition coefficient (Wildman–Crippen LogP) is 7.13. The molecule has 0 saturated heterocycles. The van der Waals surface area contributed by atoms with E-state index in [4.69, 9.17) is 0 Å². The van der Waals surface area contributed by atoms with Gasteiger partial charge in [-0.05, 0) is 0 Å². The molecule has 0 aliphatic rings. The van der Waals surface area contributed by atoms with E-state index in [0.29, 0.717) is 0 Å². The summed E-state index contributed by atoms with van der Waals surface area (Å²) in [5, 5.41) is 7.00. The molecule has 3 heteroatoms. The number of rotatable bonds is 0. The van der Waals surface area contributed by atoms with Crippen LogP contribution in [0.1, 0.15) is 55.6 Å². The molecule has 0 heterocycles. The fourth-order valence-corrected chi connectivity index (χ4v) is 2.81. The largest absolute Gasteiger partial charge is 4.00 e. The molecular formula is C24H42MoN2. The Bertz CT molecular complexity index is 442. The van der Waals surface area contributed by atoms with E-state index in [1.54, 1.807) is 28.2 Å². The molecule has 2 rings (SSSR count). The molecule has 0 atom stereocenters. The summed E-state index contributed by atoms with van der Waals surface area (Å²) in [6.45, 7) is 22.0. The Labute approximate surface area is 184 Å². The van der Waals surface area contributed by atoms with Gasteiger partial charge in [0.2, 0.25) is 0 Å². The van der Waals surface area contributed by atoms with Gasteiger partial charge in [-0.2, -0.15) is 83.8 Å². The van der Waals surface area contributed by atoms with E-state index < -0.39 is 0 Å². The zero-order chi connectivity index (χ0) is 21.2. The smallest absolute Gasteiger partial charge is 0.668 e. The first-order chi connectivity index (χ1) is 11.9. The molecular weight excluding hydrogens is 412 g/mol. The normalized spacial score (nSPS) is 9.11.